The monoisotopic (exact) mass is 388 g/mol. The van der Waals surface area contributed by atoms with Crippen LogP contribution in [0.1, 0.15) is 0 Å². The molecule has 0 saturated heterocycles. The third-order valence-electron chi connectivity index (χ3n) is 4.78. The van der Waals surface area contributed by atoms with E-state index in [1.165, 1.54) is 0 Å². The quantitative estimate of drug-likeness (QED) is 0.336. The molecule has 0 spiro atoms. The Labute approximate surface area is 166 Å². The highest BCUT2D eigenvalue weighted by Crippen LogP contribution is 2.40. The van der Waals surface area contributed by atoms with Gasteiger partial charge in [0.25, 0.3) is 0 Å². The number of benzene rings is 4. The van der Waals surface area contributed by atoms with Crippen molar-refractivity contribution in [1.82, 2.24) is 9.97 Å². The van der Waals surface area contributed by atoms with Crippen molar-refractivity contribution in [3.8, 4) is 22.5 Å². The fourth-order valence-electron chi connectivity index (χ4n) is 3.53. The molecule has 0 saturated carbocycles. The minimum absolute atomic E-state index is 0.620. The second-order valence-corrected chi connectivity index (χ2v) is 7.28. The van der Waals surface area contributed by atoms with Gasteiger partial charge in [0.2, 0.25) is 0 Å². The number of para-hydroxylation sites is 2. The number of aromatic amines is 1. The number of aromatic nitrogens is 2. The van der Waals surface area contributed by atoms with Gasteiger partial charge in [-0.05, 0) is 40.6 Å². The Morgan fingerprint density at radius 2 is 1.52 bits per heavy atom. The summed E-state index contributed by atoms with van der Waals surface area (Å²) in [4.78, 5) is 8.31. The van der Waals surface area contributed by atoms with Crippen LogP contribution in [0.25, 0.3) is 44.3 Å². The summed E-state index contributed by atoms with van der Waals surface area (Å²) >= 11 is 12.6. The summed E-state index contributed by atoms with van der Waals surface area (Å²) in [5.74, 6) is 0.828. The summed E-state index contributed by atoms with van der Waals surface area (Å²) in [5.41, 5.74) is 4.94. The molecule has 0 bridgehead atoms. The van der Waals surface area contributed by atoms with Crippen molar-refractivity contribution in [3.63, 3.8) is 0 Å². The Bertz CT molecular complexity index is 1270. The van der Waals surface area contributed by atoms with Gasteiger partial charge in [-0.25, -0.2) is 4.98 Å². The number of hydrogen-bond donors (Lipinski definition) is 1. The number of nitrogens with zero attached hydrogens (tertiary/aromatic N) is 1. The highest BCUT2D eigenvalue weighted by Gasteiger charge is 2.17. The highest BCUT2D eigenvalue weighted by atomic mass is 35.5. The molecule has 4 heteroatoms. The zero-order valence-corrected chi connectivity index (χ0v) is 15.7. The van der Waals surface area contributed by atoms with Crippen molar-refractivity contribution in [1.29, 1.82) is 0 Å². The molecule has 0 radical (unpaired) electrons. The first-order valence-corrected chi connectivity index (χ1v) is 9.38. The van der Waals surface area contributed by atoms with E-state index in [4.69, 9.17) is 28.2 Å². The van der Waals surface area contributed by atoms with Gasteiger partial charge < -0.3 is 4.98 Å². The van der Waals surface area contributed by atoms with Gasteiger partial charge >= 0.3 is 0 Å². The first-order valence-electron chi connectivity index (χ1n) is 8.63. The number of imidazole rings is 1. The van der Waals surface area contributed by atoms with Gasteiger partial charge in [-0.15, -0.1) is 0 Å². The molecule has 2 nitrogen and oxygen atoms in total. The van der Waals surface area contributed by atoms with Crippen LogP contribution in [0.15, 0.2) is 78.9 Å². The van der Waals surface area contributed by atoms with Crippen molar-refractivity contribution in [2.75, 3.05) is 0 Å². The van der Waals surface area contributed by atoms with E-state index in [0.29, 0.717) is 10.0 Å². The van der Waals surface area contributed by atoms with Crippen LogP contribution < -0.4 is 0 Å². The number of fused-ring (bicyclic) bond motifs is 2. The van der Waals surface area contributed by atoms with Gasteiger partial charge in [-0.1, -0.05) is 77.8 Å². The molecule has 0 unspecified atom stereocenters. The number of halogens is 2. The largest absolute Gasteiger partial charge is 0.338 e. The molecule has 0 amide bonds. The maximum absolute atomic E-state index is 6.54. The van der Waals surface area contributed by atoms with Crippen molar-refractivity contribution in [2.45, 2.75) is 0 Å². The summed E-state index contributed by atoms with van der Waals surface area (Å²) in [7, 11) is 0. The van der Waals surface area contributed by atoms with Gasteiger partial charge in [0.05, 0.1) is 11.0 Å². The molecule has 0 atom stereocenters. The molecular weight excluding hydrogens is 375 g/mol. The summed E-state index contributed by atoms with van der Waals surface area (Å²) in [6.07, 6.45) is 0. The van der Waals surface area contributed by atoms with E-state index in [2.05, 4.69) is 29.2 Å². The lowest BCUT2D eigenvalue weighted by atomic mass is 9.93. The van der Waals surface area contributed by atoms with Crippen LogP contribution in [-0.2, 0) is 0 Å². The van der Waals surface area contributed by atoms with Gasteiger partial charge in [-0.3, -0.25) is 0 Å². The lowest BCUT2D eigenvalue weighted by Crippen LogP contribution is -1.90. The minimum atomic E-state index is 0.620. The SMILES string of the molecule is Clc1ccc(-c2ccc3ccccc3c2-c2nc3ccccc3[nH]2)c(Cl)c1. The van der Waals surface area contributed by atoms with E-state index in [1.54, 1.807) is 6.07 Å². The van der Waals surface area contributed by atoms with Crippen LogP contribution in [0.4, 0.5) is 0 Å². The van der Waals surface area contributed by atoms with Crippen LogP contribution in [-0.4, -0.2) is 9.97 Å². The fraction of sp³-hybridized carbons (Fsp3) is 0. The van der Waals surface area contributed by atoms with Crippen molar-refractivity contribution >= 4 is 45.0 Å². The summed E-state index contributed by atoms with van der Waals surface area (Å²) in [5, 5.41) is 3.52. The van der Waals surface area contributed by atoms with Crippen molar-refractivity contribution in [3.05, 3.63) is 88.9 Å². The predicted octanol–water partition coefficient (Wildman–Crippen LogP) is 7.36. The second kappa shape index (κ2) is 6.41. The standard InChI is InChI=1S/C23H14Cl2N2/c24-15-10-12-17(19(25)13-15)18-11-9-14-5-1-2-6-16(14)22(18)23-26-20-7-3-4-8-21(20)27-23/h1-13H,(H,26,27). The van der Waals surface area contributed by atoms with Gasteiger partial charge in [0, 0.05) is 21.2 Å². The molecule has 0 aliphatic heterocycles. The second-order valence-electron chi connectivity index (χ2n) is 6.44. The van der Waals surface area contributed by atoms with Crippen molar-refractivity contribution in [2.24, 2.45) is 0 Å². The minimum Gasteiger partial charge on any atom is -0.338 e. The number of H-pyrrole nitrogens is 1. The van der Waals surface area contributed by atoms with Crippen molar-refractivity contribution < 1.29 is 0 Å². The maximum atomic E-state index is 6.54. The number of nitrogens with one attached hydrogen (secondary N) is 1. The van der Waals surface area contributed by atoms with Crippen LogP contribution in [0.2, 0.25) is 10.0 Å². The van der Waals surface area contributed by atoms with Crippen LogP contribution >= 0.6 is 23.2 Å². The Morgan fingerprint density at radius 1 is 0.741 bits per heavy atom. The summed E-state index contributed by atoms with van der Waals surface area (Å²) in [6.45, 7) is 0. The average Bonchev–Trinajstić information content (AvgIpc) is 3.11. The number of rotatable bonds is 2. The Kier molecular flexibility index (Phi) is 3.89. The van der Waals surface area contributed by atoms with E-state index in [-0.39, 0.29) is 0 Å². The Hall–Kier alpha value is -2.81. The zero-order valence-electron chi connectivity index (χ0n) is 14.2. The molecule has 5 aromatic rings. The van der Waals surface area contributed by atoms with E-state index in [0.717, 1.165) is 44.3 Å². The average molecular weight is 389 g/mol. The third-order valence-corrected chi connectivity index (χ3v) is 5.32. The Balaban J connectivity index is 1.87. The molecule has 130 valence electrons. The predicted molar refractivity (Wildman–Crippen MR) is 114 cm³/mol. The lowest BCUT2D eigenvalue weighted by Gasteiger charge is -2.13. The summed E-state index contributed by atoms with van der Waals surface area (Å²) in [6, 6.07) is 26.2. The third kappa shape index (κ3) is 2.78. The smallest absolute Gasteiger partial charge is 0.139 e. The topological polar surface area (TPSA) is 28.7 Å². The van der Waals surface area contributed by atoms with Crippen LogP contribution in [0.5, 0.6) is 0 Å². The molecule has 1 N–H and O–H groups in total. The molecule has 27 heavy (non-hydrogen) atoms. The molecule has 4 aromatic carbocycles. The molecule has 0 fully saturated rings. The van der Waals surface area contributed by atoms with E-state index < -0.39 is 0 Å². The molecular formula is C23H14Cl2N2. The van der Waals surface area contributed by atoms with E-state index >= 15 is 0 Å². The van der Waals surface area contributed by atoms with E-state index in [9.17, 15) is 0 Å². The zero-order chi connectivity index (χ0) is 18.4. The fourth-order valence-corrected chi connectivity index (χ4v) is 4.04. The van der Waals surface area contributed by atoms with Crippen LogP contribution in [0, 0.1) is 0 Å². The molecule has 1 heterocycles. The number of hydrogen-bond acceptors (Lipinski definition) is 1. The van der Waals surface area contributed by atoms with Gasteiger partial charge in [0.15, 0.2) is 0 Å². The molecule has 5 rings (SSSR count). The Morgan fingerprint density at radius 3 is 2.37 bits per heavy atom. The van der Waals surface area contributed by atoms with E-state index in [1.807, 2.05) is 48.5 Å². The molecule has 1 aromatic heterocycles. The van der Waals surface area contributed by atoms with Gasteiger partial charge in [0.1, 0.15) is 5.82 Å². The first-order chi connectivity index (χ1) is 13.2. The lowest BCUT2D eigenvalue weighted by molar-refractivity contribution is 1.35. The summed E-state index contributed by atoms with van der Waals surface area (Å²) < 4.78 is 0. The normalized spacial score (nSPS) is 11.3. The highest BCUT2D eigenvalue weighted by molar-refractivity contribution is 6.36. The first kappa shape index (κ1) is 16.4. The maximum Gasteiger partial charge on any atom is 0.139 e. The van der Waals surface area contributed by atoms with Gasteiger partial charge in [-0.2, -0.15) is 0 Å². The van der Waals surface area contributed by atoms with Crippen LogP contribution in [0.3, 0.4) is 0 Å². The molecule has 0 aliphatic carbocycles. The molecule has 0 aliphatic rings.